The van der Waals surface area contributed by atoms with Gasteiger partial charge in [-0.1, -0.05) is 29.8 Å². The van der Waals surface area contributed by atoms with Crippen LogP contribution in [0.5, 0.6) is 0 Å². The standard InChI is InChI=1S/C26H20FN3O3/c1-17-2-8-20(9-3-17)25(32)29(16-19-4-10-21(27)11-5-19)23-14-24(31)30(26(23)33)22-12-6-18(15-28)7-13-22/h2-13,23H,14,16H2,1H3. The van der Waals surface area contributed by atoms with E-state index in [1.165, 1.54) is 41.3 Å². The Kier molecular flexibility index (Phi) is 6.01. The Balaban J connectivity index is 1.68. The largest absolute Gasteiger partial charge is 0.322 e. The molecule has 1 aliphatic rings. The van der Waals surface area contributed by atoms with E-state index in [0.29, 0.717) is 22.4 Å². The molecule has 3 amide bonds. The maximum atomic E-state index is 13.4. The van der Waals surface area contributed by atoms with Crippen molar-refractivity contribution in [1.82, 2.24) is 4.90 Å². The highest BCUT2D eigenvalue weighted by Crippen LogP contribution is 2.28. The maximum Gasteiger partial charge on any atom is 0.257 e. The SMILES string of the molecule is Cc1ccc(C(=O)N(Cc2ccc(F)cc2)C2CC(=O)N(c3ccc(C#N)cc3)C2=O)cc1. The molecule has 33 heavy (non-hydrogen) atoms. The Morgan fingerprint density at radius 1 is 1.03 bits per heavy atom. The second-order valence-corrected chi connectivity index (χ2v) is 7.87. The van der Waals surface area contributed by atoms with E-state index >= 15 is 0 Å². The van der Waals surface area contributed by atoms with Crippen LogP contribution in [0.15, 0.2) is 72.8 Å². The molecule has 3 aromatic rings. The van der Waals surface area contributed by atoms with E-state index in [1.807, 2.05) is 13.0 Å². The molecule has 0 aliphatic carbocycles. The van der Waals surface area contributed by atoms with Gasteiger partial charge in [0.25, 0.3) is 11.8 Å². The Bertz CT molecular complexity index is 1250. The van der Waals surface area contributed by atoms with E-state index in [-0.39, 0.29) is 13.0 Å². The number of imide groups is 1. The number of anilines is 1. The summed E-state index contributed by atoms with van der Waals surface area (Å²) in [6.07, 6.45) is -0.169. The molecule has 6 nitrogen and oxygen atoms in total. The first-order valence-corrected chi connectivity index (χ1v) is 10.4. The number of carbonyl (C=O) groups is 3. The highest BCUT2D eigenvalue weighted by molar-refractivity contribution is 6.23. The summed E-state index contributed by atoms with van der Waals surface area (Å²) in [6.45, 7) is 1.94. The smallest absolute Gasteiger partial charge is 0.257 e. The van der Waals surface area contributed by atoms with Crippen molar-refractivity contribution < 1.29 is 18.8 Å². The molecule has 4 rings (SSSR count). The monoisotopic (exact) mass is 441 g/mol. The van der Waals surface area contributed by atoms with Crippen LogP contribution in [0.1, 0.15) is 33.5 Å². The van der Waals surface area contributed by atoms with Crippen LogP contribution in [0, 0.1) is 24.1 Å². The highest BCUT2D eigenvalue weighted by atomic mass is 19.1. The predicted molar refractivity (Wildman–Crippen MR) is 120 cm³/mol. The minimum absolute atomic E-state index is 0.0396. The number of halogens is 1. The summed E-state index contributed by atoms with van der Waals surface area (Å²) < 4.78 is 13.4. The molecular weight excluding hydrogens is 421 g/mol. The number of aryl methyl sites for hydroxylation is 1. The molecular formula is C26H20FN3O3. The molecule has 1 saturated heterocycles. The van der Waals surface area contributed by atoms with Gasteiger partial charge in [-0.05, 0) is 61.0 Å². The van der Waals surface area contributed by atoms with Gasteiger partial charge in [0.15, 0.2) is 0 Å². The van der Waals surface area contributed by atoms with E-state index in [9.17, 15) is 18.8 Å². The van der Waals surface area contributed by atoms with Crippen molar-refractivity contribution in [2.75, 3.05) is 4.90 Å². The zero-order chi connectivity index (χ0) is 23.5. The quantitative estimate of drug-likeness (QED) is 0.561. The molecule has 0 aromatic heterocycles. The topological polar surface area (TPSA) is 81.5 Å². The zero-order valence-corrected chi connectivity index (χ0v) is 17.9. The van der Waals surface area contributed by atoms with Gasteiger partial charge in [-0.15, -0.1) is 0 Å². The van der Waals surface area contributed by atoms with Crippen LogP contribution in [0.3, 0.4) is 0 Å². The third-order valence-electron chi connectivity index (χ3n) is 5.58. The molecule has 0 radical (unpaired) electrons. The number of nitrogens with zero attached hydrogens (tertiary/aromatic N) is 3. The minimum Gasteiger partial charge on any atom is -0.322 e. The molecule has 0 saturated carbocycles. The van der Waals surface area contributed by atoms with Gasteiger partial charge in [-0.2, -0.15) is 5.26 Å². The number of nitriles is 1. The first-order chi connectivity index (χ1) is 15.9. The van der Waals surface area contributed by atoms with E-state index in [2.05, 4.69) is 0 Å². The molecule has 164 valence electrons. The molecule has 1 atom stereocenters. The van der Waals surface area contributed by atoms with E-state index < -0.39 is 29.6 Å². The van der Waals surface area contributed by atoms with Crippen LogP contribution in [-0.4, -0.2) is 28.7 Å². The fourth-order valence-electron chi connectivity index (χ4n) is 3.79. The number of hydrogen-bond acceptors (Lipinski definition) is 4. The van der Waals surface area contributed by atoms with Crippen LogP contribution >= 0.6 is 0 Å². The number of carbonyl (C=O) groups excluding carboxylic acids is 3. The van der Waals surface area contributed by atoms with Gasteiger partial charge in [0, 0.05) is 12.1 Å². The first kappa shape index (κ1) is 21.9. The Hall–Kier alpha value is -4.31. The molecule has 1 fully saturated rings. The predicted octanol–water partition coefficient (Wildman–Crippen LogP) is 3.98. The third-order valence-corrected chi connectivity index (χ3v) is 5.58. The fourth-order valence-corrected chi connectivity index (χ4v) is 3.79. The average Bonchev–Trinajstić information content (AvgIpc) is 3.12. The van der Waals surface area contributed by atoms with Gasteiger partial charge < -0.3 is 4.90 Å². The lowest BCUT2D eigenvalue weighted by atomic mass is 10.1. The fraction of sp³-hybridized carbons (Fsp3) is 0.154. The highest BCUT2D eigenvalue weighted by Gasteiger charge is 2.44. The summed E-state index contributed by atoms with van der Waals surface area (Å²) >= 11 is 0. The summed E-state index contributed by atoms with van der Waals surface area (Å²) in [7, 11) is 0. The summed E-state index contributed by atoms with van der Waals surface area (Å²) in [5, 5.41) is 8.99. The van der Waals surface area contributed by atoms with Crippen LogP contribution in [0.4, 0.5) is 10.1 Å². The van der Waals surface area contributed by atoms with Gasteiger partial charge in [-0.25, -0.2) is 9.29 Å². The minimum atomic E-state index is -1.01. The second kappa shape index (κ2) is 9.05. The number of hydrogen-bond donors (Lipinski definition) is 0. The molecule has 1 heterocycles. The Morgan fingerprint density at radius 2 is 1.67 bits per heavy atom. The molecule has 0 bridgehead atoms. The number of benzene rings is 3. The summed E-state index contributed by atoms with van der Waals surface area (Å²) in [5.74, 6) is -1.76. The molecule has 3 aromatic carbocycles. The summed E-state index contributed by atoms with van der Waals surface area (Å²) in [4.78, 5) is 42.0. The third kappa shape index (κ3) is 4.51. The van der Waals surface area contributed by atoms with Crippen LogP contribution in [0.2, 0.25) is 0 Å². The van der Waals surface area contributed by atoms with Gasteiger partial charge in [0.2, 0.25) is 5.91 Å². The lowest BCUT2D eigenvalue weighted by Gasteiger charge is -2.28. The molecule has 1 aliphatic heterocycles. The van der Waals surface area contributed by atoms with Crippen molar-refractivity contribution in [3.05, 3.63) is 101 Å². The van der Waals surface area contributed by atoms with Crippen LogP contribution in [0.25, 0.3) is 0 Å². The zero-order valence-electron chi connectivity index (χ0n) is 17.9. The van der Waals surface area contributed by atoms with Crippen molar-refractivity contribution in [3.8, 4) is 6.07 Å². The van der Waals surface area contributed by atoms with Gasteiger partial charge in [0.05, 0.1) is 23.7 Å². The van der Waals surface area contributed by atoms with Crippen molar-refractivity contribution in [2.24, 2.45) is 0 Å². The molecule has 7 heteroatoms. The van der Waals surface area contributed by atoms with Crippen molar-refractivity contribution >= 4 is 23.4 Å². The first-order valence-electron chi connectivity index (χ1n) is 10.4. The van der Waals surface area contributed by atoms with E-state index in [4.69, 9.17) is 5.26 Å². The van der Waals surface area contributed by atoms with Gasteiger partial charge in [0.1, 0.15) is 11.9 Å². The lowest BCUT2D eigenvalue weighted by molar-refractivity contribution is -0.122. The average molecular weight is 441 g/mol. The van der Waals surface area contributed by atoms with Crippen molar-refractivity contribution in [1.29, 1.82) is 5.26 Å². The second-order valence-electron chi connectivity index (χ2n) is 7.87. The van der Waals surface area contributed by atoms with E-state index in [0.717, 1.165) is 10.5 Å². The summed E-state index contributed by atoms with van der Waals surface area (Å²) in [6, 6.07) is 19.7. The Labute approximate surface area is 190 Å². The van der Waals surface area contributed by atoms with Gasteiger partial charge >= 0.3 is 0 Å². The number of rotatable bonds is 5. The van der Waals surface area contributed by atoms with Crippen molar-refractivity contribution in [2.45, 2.75) is 25.9 Å². The molecule has 0 spiro atoms. The van der Waals surface area contributed by atoms with Crippen molar-refractivity contribution in [3.63, 3.8) is 0 Å². The van der Waals surface area contributed by atoms with Gasteiger partial charge in [-0.3, -0.25) is 14.4 Å². The normalized spacial score (nSPS) is 15.4. The van der Waals surface area contributed by atoms with Crippen LogP contribution < -0.4 is 4.90 Å². The number of amides is 3. The van der Waals surface area contributed by atoms with Crippen LogP contribution in [-0.2, 0) is 16.1 Å². The van der Waals surface area contributed by atoms with E-state index in [1.54, 1.807) is 36.4 Å². The molecule has 1 unspecified atom stereocenters. The molecule has 0 N–H and O–H groups in total. The Morgan fingerprint density at radius 3 is 2.27 bits per heavy atom. The maximum absolute atomic E-state index is 13.4. The summed E-state index contributed by atoms with van der Waals surface area (Å²) in [5.41, 5.74) is 2.75. The lowest BCUT2D eigenvalue weighted by Crippen LogP contribution is -2.45.